The van der Waals surface area contributed by atoms with Gasteiger partial charge in [-0.2, -0.15) is 0 Å². The highest BCUT2D eigenvalue weighted by atomic mass is 35.5. The summed E-state index contributed by atoms with van der Waals surface area (Å²) in [5.41, 5.74) is 0. The van der Waals surface area contributed by atoms with Gasteiger partial charge in [0.15, 0.2) is 0 Å². The average Bonchev–Trinajstić information content (AvgIpc) is 1.68. The van der Waals surface area contributed by atoms with E-state index in [1.165, 1.54) is 5.20 Å². The number of allylic oxidation sites excluding steroid dienone is 2. The molecule has 0 aliphatic heterocycles. The first-order chi connectivity index (χ1) is 3.31. The molecule has 0 amide bonds. The van der Waals surface area contributed by atoms with Crippen molar-refractivity contribution in [3.63, 3.8) is 0 Å². The summed E-state index contributed by atoms with van der Waals surface area (Å²) in [7, 11) is 1.04. The lowest BCUT2D eigenvalue weighted by Crippen LogP contribution is -1.81. The molecule has 0 nitrogen and oxygen atoms in total. The Morgan fingerprint density at radius 1 is 1.57 bits per heavy atom. The Hall–Kier alpha value is 0.537. The molecule has 0 atom stereocenters. The number of alkyl halides is 2. The van der Waals surface area contributed by atoms with Gasteiger partial charge in [0.25, 0.3) is 0 Å². The molecule has 0 rings (SSSR count). The summed E-state index contributed by atoms with van der Waals surface area (Å²) in [6.07, 6.45) is 1.96. The molecule has 0 aromatic heterocycles. The molecule has 0 radical (unpaired) electrons. The molecule has 0 aliphatic carbocycles. The van der Waals surface area contributed by atoms with Crippen LogP contribution in [-0.4, -0.2) is 22.0 Å². The van der Waals surface area contributed by atoms with Crippen molar-refractivity contribution in [1.29, 1.82) is 0 Å². The minimum atomic E-state index is 0.603. The highest BCUT2D eigenvalue weighted by Crippen LogP contribution is 1.90. The highest BCUT2D eigenvalue weighted by Gasteiger charge is 1.79. The third kappa shape index (κ3) is 4.39. The van der Waals surface area contributed by atoms with E-state index in [2.05, 4.69) is 0 Å². The molecule has 0 bridgehead atoms. The van der Waals surface area contributed by atoms with Gasteiger partial charge in [0.05, 0.1) is 0 Å². The van der Waals surface area contributed by atoms with Crippen LogP contribution in [0.5, 0.6) is 0 Å². The molecular formula is C4H8Cl2Si. The molecule has 0 spiro atoms. The zero-order valence-corrected chi connectivity index (χ0v) is 7.76. The van der Waals surface area contributed by atoms with Crippen molar-refractivity contribution < 1.29 is 0 Å². The average molecular weight is 155 g/mol. The molecule has 0 unspecified atom stereocenters. The van der Waals surface area contributed by atoms with E-state index in [0.717, 1.165) is 10.2 Å². The minimum absolute atomic E-state index is 0.603. The fourth-order valence-corrected chi connectivity index (χ4v) is 1.02. The number of hydrogen-bond acceptors (Lipinski definition) is 0. The Bertz CT molecular complexity index is 70.1. The van der Waals surface area contributed by atoms with Crippen LogP contribution in [0.3, 0.4) is 0 Å². The quantitative estimate of drug-likeness (QED) is 0.407. The fourth-order valence-electron chi connectivity index (χ4n) is 0.186. The highest BCUT2D eigenvalue weighted by molar-refractivity contribution is 6.31. The van der Waals surface area contributed by atoms with E-state index in [0.29, 0.717) is 11.8 Å². The van der Waals surface area contributed by atoms with Crippen LogP contribution in [0.4, 0.5) is 0 Å². The predicted molar refractivity (Wildman–Crippen MR) is 39.5 cm³/mol. The van der Waals surface area contributed by atoms with Crippen molar-refractivity contribution in [2.24, 2.45) is 0 Å². The maximum absolute atomic E-state index is 5.44. The molecule has 0 N–H and O–H groups in total. The van der Waals surface area contributed by atoms with Crippen molar-refractivity contribution in [2.45, 2.75) is 0 Å². The van der Waals surface area contributed by atoms with Crippen molar-refractivity contribution in [2.75, 3.05) is 11.8 Å². The first-order valence-electron chi connectivity index (χ1n) is 2.08. The van der Waals surface area contributed by atoms with Gasteiger partial charge in [0.2, 0.25) is 0 Å². The number of rotatable bonds is 2. The van der Waals surface area contributed by atoms with Crippen LogP contribution in [0.15, 0.2) is 11.3 Å². The second-order valence-electron chi connectivity index (χ2n) is 1.34. The molecule has 0 aliphatic rings. The number of hydrogen-bond donors (Lipinski definition) is 0. The van der Waals surface area contributed by atoms with E-state index in [1.54, 1.807) is 0 Å². The Labute approximate surface area is 56.9 Å². The molecule has 0 saturated heterocycles. The lowest BCUT2D eigenvalue weighted by molar-refractivity contribution is 1.59. The molecule has 3 heteroatoms. The van der Waals surface area contributed by atoms with Crippen LogP contribution in [0.25, 0.3) is 0 Å². The third-order valence-corrected chi connectivity index (χ3v) is 2.42. The van der Waals surface area contributed by atoms with Crippen LogP contribution < -0.4 is 0 Å². The summed E-state index contributed by atoms with van der Waals surface area (Å²) in [5.74, 6) is 1.25. The van der Waals surface area contributed by atoms with E-state index >= 15 is 0 Å². The summed E-state index contributed by atoms with van der Waals surface area (Å²) in [5, 5.41) is 1.27. The van der Waals surface area contributed by atoms with E-state index in [1.807, 2.05) is 6.08 Å². The Morgan fingerprint density at radius 3 is 2.29 bits per heavy atom. The summed E-state index contributed by atoms with van der Waals surface area (Å²) in [4.78, 5) is 0. The molecule has 0 fully saturated rings. The van der Waals surface area contributed by atoms with Gasteiger partial charge in [-0.25, -0.2) is 0 Å². The predicted octanol–water partition coefficient (Wildman–Crippen LogP) is 0.713. The first kappa shape index (κ1) is 7.54. The van der Waals surface area contributed by atoms with Gasteiger partial charge in [-0.05, 0) is 0 Å². The lowest BCUT2D eigenvalue weighted by atomic mass is 10.6. The molecule has 42 valence electrons. The third-order valence-electron chi connectivity index (χ3n) is 0.636. The monoisotopic (exact) mass is 154 g/mol. The van der Waals surface area contributed by atoms with Gasteiger partial charge in [-0.1, -0.05) is 11.3 Å². The van der Waals surface area contributed by atoms with E-state index < -0.39 is 0 Å². The van der Waals surface area contributed by atoms with Gasteiger partial charge >= 0.3 is 0 Å². The molecule has 0 aromatic rings. The smallest absolute Gasteiger partial charge is 0.0403 e. The largest absolute Gasteiger partial charge is 0.122 e. The van der Waals surface area contributed by atoms with Gasteiger partial charge in [0.1, 0.15) is 0 Å². The van der Waals surface area contributed by atoms with Crippen molar-refractivity contribution >= 4 is 33.4 Å². The summed E-state index contributed by atoms with van der Waals surface area (Å²) >= 11 is 10.8. The molecular weight excluding hydrogens is 147 g/mol. The van der Waals surface area contributed by atoms with E-state index in [-0.39, 0.29) is 0 Å². The van der Waals surface area contributed by atoms with Gasteiger partial charge < -0.3 is 0 Å². The molecule has 0 aromatic carbocycles. The van der Waals surface area contributed by atoms with Crippen molar-refractivity contribution in [3.05, 3.63) is 11.3 Å². The maximum atomic E-state index is 5.44. The van der Waals surface area contributed by atoms with Crippen molar-refractivity contribution in [3.8, 4) is 0 Å². The number of halogens is 2. The molecule has 0 heterocycles. The first-order valence-corrected chi connectivity index (χ1v) is 4.15. The standard InChI is InChI=1S/C4H8Cl2Si/c5-2-1-4(7)3-6/h1H,2-3H2,7H3. The van der Waals surface area contributed by atoms with E-state index in [4.69, 9.17) is 23.2 Å². The molecule has 7 heavy (non-hydrogen) atoms. The lowest BCUT2D eigenvalue weighted by Gasteiger charge is -1.86. The normalized spacial score (nSPS) is 12.6. The van der Waals surface area contributed by atoms with Crippen LogP contribution >= 0.6 is 23.2 Å². The Morgan fingerprint density at radius 2 is 2.14 bits per heavy atom. The molecule has 0 saturated carbocycles. The van der Waals surface area contributed by atoms with Crippen LogP contribution in [-0.2, 0) is 0 Å². The zero-order valence-electron chi connectivity index (χ0n) is 4.25. The Kier molecular flexibility index (Phi) is 5.05. The summed E-state index contributed by atoms with van der Waals surface area (Å²) < 4.78 is 0. The summed E-state index contributed by atoms with van der Waals surface area (Å²) in [6.45, 7) is 0. The minimum Gasteiger partial charge on any atom is -0.122 e. The van der Waals surface area contributed by atoms with Crippen LogP contribution in [0.1, 0.15) is 0 Å². The van der Waals surface area contributed by atoms with Gasteiger partial charge in [-0.3, -0.25) is 0 Å². The van der Waals surface area contributed by atoms with E-state index in [9.17, 15) is 0 Å². The Balaban J connectivity index is 3.29. The van der Waals surface area contributed by atoms with Crippen LogP contribution in [0, 0.1) is 0 Å². The second kappa shape index (κ2) is 4.69. The fraction of sp³-hybridized carbons (Fsp3) is 0.500. The topological polar surface area (TPSA) is 0 Å². The summed E-state index contributed by atoms with van der Waals surface area (Å²) in [6, 6.07) is 0. The zero-order chi connectivity index (χ0) is 5.70. The van der Waals surface area contributed by atoms with Crippen molar-refractivity contribution in [1.82, 2.24) is 0 Å². The SMILES string of the molecule is [SiH3]C(=CCCl)CCl. The van der Waals surface area contributed by atoms with Crippen LogP contribution in [0.2, 0.25) is 0 Å². The van der Waals surface area contributed by atoms with Gasteiger partial charge in [-0.15, -0.1) is 23.2 Å². The second-order valence-corrected chi connectivity index (χ2v) is 3.20. The van der Waals surface area contributed by atoms with Gasteiger partial charge in [0, 0.05) is 22.0 Å². The maximum Gasteiger partial charge on any atom is 0.0403 e.